The molecule has 1 aromatic carbocycles. The molecule has 0 unspecified atom stereocenters. The van der Waals surface area contributed by atoms with E-state index < -0.39 is 12.1 Å². The van der Waals surface area contributed by atoms with E-state index in [1.165, 1.54) is 12.0 Å². The van der Waals surface area contributed by atoms with Crippen LogP contribution < -0.4 is 5.73 Å². The summed E-state index contributed by atoms with van der Waals surface area (Å²) in [6, 6.07) is 9.68. The summed E-state index contributed by atoms with van der Waals surface area (Å²) in [6.45, 7) is 1.17. The second-order valence-corrected chi connectivity index (χ2v) is 6.95. The molecule has 2 heterocycles. The zero-order chi connectivity index (χ0) is 18.5. The van der Waals surface area contributed by atoms with Gasteiger partial charge in [-0.25, -0.2) is 14.6 Å². The van der Waals surface area contributed by atoms with Crippen LogP contribution in [-0.4, -0.2) is 47.3 Å². The fourth-order valence-corrected chi connectivity index (χ4v) is 3.98. The molecule has 0 radical (unpaired) electrons. The lowest BCUT2D eigenvalue weighted by molar-refractivity contribution is 0.0601. The number of ether oxygens (including phenoxy) is 1. The minimum absolute atomic E-state index is 0.0343. The molecule has 0 bridgehead atoms. The number of likely N-dealkylation sites (tertiary alicyclic amines) is 1. The van der Waals surface area contributed by atoms with Gasteiger partial charge in [0.2, 0.25) is 0 Å². The molecule has 1 saturated carbocycles. The predicted molar refractivity (Wildman–Crippen MR) is 94.8 cm³/mol. The highest BCUT2D eigenvalue weighted by Crippen LogP contribution is 2.59. The van der Waals surface area contributed by atoms with Crippen molar-refractivity contribution < 1.29 is 19.4 Å². The molecular formula is C19H19N3O4. The SMILES string of the molecule is COC(=O)c1cc(-c2ccc([C@@]34C[C@@H]3CN(C(=O)O)C4)cc2)cnc1N. The number of anilines is 1. The molecule has 2 atom stereocenters. The van der Waals surface area contributed by atoms with Crippen molar-refractivity contribution in [2.24, 2.45) is 5.92 Å². The van der Waals surface area contributed by atoms with Gasteiger partial charge in [-0.2, -0.15) is 0 Å². The molecule has 134 valence electrons. The van der Waals surface area contributed by atoms with Crippen molar-refractivity contribution in [2.45, 2.75) is 11.8 Å². The Labute approximate surface area is 150 Å². The van der Waals surface area contributed by atoms with Gasteiger partial charge in [-0.1, -0.05) is 24.3 Å². The van der Waals surface area contributed by atoms with Crippen LogP contribution in [0, 0.1) is 5.92 Å². The van der Waals surface area contributed by atoms with Gasteiger partial charge in [-0.15, -0.1) is 0 Å². The van der Waals surface area contributed by atoms with Crippen molar-refractivity contribution in [1.29, 1.82) is 0 Å². The number of hydrogen-bond donors (Lipinski definition) is 2. The summed E-state index contributed by atoms with van der Waals surface area (Å²) in [5.74, 6) is 0.0260. The highest BCUT2D eigenvalue weighted by Gasteiger charge is 2.61. The minimum atomic E-state index is -0.850. The Morgan fingerprint density at radius 2 is 2.04 bits per heavy atom. The highest BCUT2D eigenvalue weighted by molar-refractivity contribution is 5.95. The number of fused-ring (bicyclic) bond motifs is 1. The van der Waals surface area contributed by atoms with Crippen molar-refractivity contribution in [2.75, 3.05) is 25.9 Å². The van der Waals surface area contributed by atoms with E-state index >= 15 is 0 Å². The maximum absolute atomic E-state index is 11.8. The third-order valence-corrected chi connectivity index (χ3v) is 5.53. The van der Waals surface area contributed by atoms with Crippen molar-refractivity contribution in [3.63, 3.8) is 0 Å². The molecule has 1 aromatic heterocycles. The van der Waals surface area contributed by atoms with E-state index in [9.17, 15) is 14.7 Å². The maximum atomic E-state index is 11.8. The largest absolute Gasteiger partial charge is 0.465 e. The van der Waals surface area contributed by atoms with Crippen LogP contribution in [0.25, 0.3) is 11.1 Å². The minimum Gasteiger partial charge on any atom is -0.465 e. The van der Waals surface area contributed by atoms with E-state index in [0.717, 1.165) is 23.1 Å². The van der Waals surface area contributed by atoms with Crippen LogP contribution in [0.5, 0.6) is 0 Å². The second kappa shape index (κ2) is 5.72. The Morgan fingerprint density at radius 1 is 1.31 bits per heavy atom. The molecule has 2 aliphatic rings. The first kappa shape index (κ1) is 16.4. The molecule has 2 aromatic rings. The molecular weight excluding hydrogens is 334 g/mol. The quantitative estimate of drug-likeness (QED) is 0.821. The number of aromatic nitrogens is 1. The van der Waals surface area contributed by atoms with Crippen LogP contribution in [0.1, 0.15) is 22.3 Å². The number of carbonyl (C=O) groups excluding carboxylic acids is 1. The van der Waals surface area contributed by atoms with Crippen LogP contribution in [0.15, 0.2) is 36.5 Å². The molecule has 1 saturated heterocycles. The summed E-state index contributed by atoms with van der Waals surface area (Å²) in [6.07, 6.45) is 1.81. The van der Waals surface area contributed by atoms with Crippen LogP contribution in [0.2, 0.25) is 0 Å². The molecule has 1 aliphatic carbocycles. The van der Waals surface area contributed by atoms with E-state index in [-0.39, 0.29) is 16.8 Å². The van der Waals surface area contributed by atoms with Gasteiger partial charge in [-0.3, -0.25) is 0 Å². The van der Waals surface area contributed by atoms with Gasteiger partial charge < -0.3 is 20.5 Å². The molecule has 7 heteroatoms. The molecule has 7 nitrogen and oxygen atoms in total. The van der Waals surface area contributed by atoms with Crippen LogP contribution in [0.4, 0.5) is 10.6 Å². The Balaban J connectivity index is 1.60. The summed E-state index contributed by atoms with van der Waals surface area (Å²) in [5, 5.41) is 9.19. The number of methoxy groups -OCH3 is 1. The van der Waals surface area contributed by atoms with E-state index in [2.05, 4.69) is 4.98 Å². The third-order valence-electron chi connectivity index (χ3n) is 5.53. The lowest BCUT2D eigenvalue weighted by atomic mass is 9.93. The van der Waals surface area contributed by atoms with Gasteiger partial charge >= 0.3 is 12.1 Å². The number of nitrogens with zero attached hydrogens (tertiary/aromatic N) is 2. The van der Waals surface area contributed by atoms with Crippen LogP contribution in [0.3, 0.4) is 0 Å². The molecule has 1 aliphatic heterocycles. The molecule has 26 heavy (non-hydrogen) atoms. The third kappa shape index (κ3) is 2.47. The molecule has 1 amide bonds. The fourth-order valence-electron chi connectivity index (χ4n) is 3.98. The summed E-state index contributed by atoms with van der Waals surface area (Å²) < 4.78 is 4.73. The summed E-state index contributed by atoms with van der Waals surface area (Å²) in [5.41, 5.74) is 8.79. The monoisotopic (exact) mass is 353 g/mol. The van der Waals surface area contributed by atoms with Gasteiger partial charge in [0.05, 0.1) is 7.11 Å². The Hall–Kier alpha value is -3.09. The van der Waals surface area contributed by atoms with Gasteiger partial charge in [0.1, 0.15) is 11.4 Å². The van der Waals surface area contributed by atoms with Gasteiger partial charge in [0, 0.05) is 30.3 Å². The number of pyridine rings is 1. The van der Waals surface area contributed by atoms with Crippen molar-refractivity contribution in [3.05, 3.63) is 47.7 Å². The fraction of sp³-hybridized carbons (Fsp3) is 0.316. The first-order chi connectivity index (χ1) is 12.4. The standard InChI is InChI=1S/C19H19N3O4/c1-26-17(23)15-6-12(8-21-16(15)20)11-2-4-13(5-3-11)19-7-14(19)9-22(10-19)18(24)25/h2-6,8,14H,7,9-10H2,1H3,(H2,20,21)(H,24,25)/t14-,19+/m1/s1. The first-order valence-corrected chi connectivity index (χ1v) is 8.37. The number of nitrogens with two attached hydrogens (primary N) is 1. The van der Waals surface area contributed by atoms with Crippen molar-refractivity contribution >= 4 is 17.9 Å². The van der Waals surface area contributed by atoms with E-state index in [4.69, 9.17) is 10.5 Å². The number of carboxylic acid groups (broad SMARTS) is 1. The van der Waals surface area contributed by atoms with Gasteiger partial charge in [0.15, 0.2) is 0 Å². The van der Waals surface area contributed by atoms with Crippen molar-refractivity contribution in [1.82, 2.24) is 9.88 Å². The second-order valence-electron chi connectivity index (χ2n) is 6.95. The smallest absolute Gasteiger partial charge is 0.407 e. The van der Waals surface area contributed by atoms with Gasteiger partial charge in [0.25, 0.3) is 0 Å². The van der Waals surface area contributed by atoms with E-state index in [0.29, 0.717) is 19.0 Å². The van der Waals surface area contributed by atoms with Gasteiger partial charge in [-0.05, 0) is 29.5 Å². The lowest BCUT2D eigenvalue weighted by Crippen LogP contribution is -2.31. The number of hydrogen-bond acceptors (Lipinski definition) is 5. The maximum Gasteiger partial charge on any atom is 0.407 e. The first-order valence-electron chi connectivity index (χ1n) is 8.37. The molecule has 0 spiro atoms. The Bertz CT molecular complexity index is 896. The number of amides is 1. The summed E-state index contributed by atoms with van der Waals surface area (Å²) >= 11 is 0. The molecule has 4 rings (SSSR count). The number of nitrogen functional groups attached to an aromatic ring is 1. The summed E-state index contributed by atoms with van der Waals surface area (Å²) in [4.78, 5) is 28.6. The zero-order valence-electron chi connectivity index (χ0n) is 14.3. The number of piperidine rings is 1. The van der Waals surface area contributed by atoms with Crippen LogP contribution in [-0.2, 0) is 10.2 Å². The number of rotatable bonds is 3. The number of benzene rings is 1. The Kier molecular flexibility index (Phi) is 3.61. The van der Waals surface area contributed by atoms with E-state index in [1.54, 1.807) is 12.3 Å². The zero-order valence-corrected chi connectivity index (χ0v) is 14.3. The average Bonchev–Trinajstić information content (AvgIpc) is 3.22. The number of esters is 1. The molecule has 3 N–H and O–H groups in total. The normalized spacial score (nSPS) is 23.4. The lowest BCUT2D eigenvalue weighted by Gasteiger charge is -2.18. The van der Waals surface area contributed by atoms with E-state index in [1.807, 2.05) is 24.3 Å². The topological polar surface area (TPSA) is 106 Å². The average molecular weight is 353 g/mol. The number of carbonyl (C=O) groups is 2. The Morgan fingerprint density at radius 3 is 2.65 bits per heavy atom. The molecule has 2 fully saturated rings. The van der Waals surface area contributed by atoms with Crippen molar-refractivity contribution in [3.8, 4) is 11.1 Å². The predicted octanol–water partition coefficient (Wildman–Crippen LogP) is 2.37. The summed E-state index contributed by atoms with van der Waals surface area (Å²) in [7, 11) is 1.30. The van der Waals surface area contributed by atoms with Crippen LogP contribution >= 0.6 is 0 Å². The highest BCUT2D eigenvalue weighted by atomic mass is 16.5.